The molecule has 5 rings (SSSR count). The minimum Gasteiger partial charge on any atom is -0.489 e. The third-order valence-electron chi connectivity index (χ3n) is 5.41. The number of rotatable bonds is 5. The molecule has 1 aliphatic rings. The van der Waals surface area contributed by atoms with Gasteiger partial charge in [0.15, 0.2) is 11.5 Å². The highest BCUT2D eigenvalue weighted by Gasteiger charge is 2.17. The minimum atomic E-state index is 0.0715. The first-order chi connectivity index (χ1) is 15.1. The SMILES string of the molecule is Cc1nc2ccc(CN3CCOCC3)cc2n2c(-c3cncc(OC(C)C)c3)nnc12. The molecular weight excluding hydrogens is 392 g/mol. The quantitative estimate of drug-likeness (QED) is 0.492. The normalized spacial score (nSPS) is 15.2. The average Bonchev–Trinajstić information content (AvgIpc) is 3.21. The van der Waals surface area contributed by atoms with E-state index < -0.39 is 0 Å². The highest BCUT2D eigenvalue weighted by Crippen LogP contribution is 2.27. The van der Waals surface area contributed by atoms with Gasteiger partial charge >= 0.3 is 0 Å². The maximum absolute atomic E-state index is 5.83. The van der Waals surface area contributed by atoms with Crippen LogP contribution in [0.5, 0.6) is 5.75 Å². The summed E-state index contributed by atoms with van der Waals surface area (Å²) in [6, 6.07) is 8.39. The van der Waals surface area contributed by atoms with Crippen LogP contribution in [0.15, 0.2) is 36.7 Å². The van der Waals surface area contributed by atoms with Crippen LogP contribution in [0.1, 0.15) is 25.1 Å². The van der Waals surface area contributed by atoms with Crippen LogP contribution >= 0.6 is 0 Å². The zero-order valence-electron chi connectivity index (χ0n) is 18.1. The highest BCUT2D eigenvalue weighted by atomic mass is 16.5. The first kappa shape index (κ1) is 19.8. The molecule has 0 aliphatic carbocycles. The molecule has 0 saturated carbocycles. The summed E-state index contributed by atoms with van der Waals surface area (Å²) in [5.41, 5.74) is 5.59. The Balaban J connectivity index is 1.62. The third-order valence-corrected chi connectivity index (χ3v) is 5.41. The molecule has 3 aromatic heterocycles. The van der Waals surface area contributed by atoms with E-state index in [1.807, 2.05) is 26.8 Å². The number of aromatic nitrogens is 5. The van der Waals surface area contributed by atoms with E-state index in [0.717, 1.165) is 66.6 Å². The summed E-state index contributed by atoms with van der Waals surface area (Å²) < 4.78 is 13.4. The number of ether oxygens (including phenoxy) is 2. The third kappa shape index (κ3) is 3.96. The van der Waals surface area contributed by atoms with Gasteiger partial charge in [-0.15, -0.1) is 10.2 Å². The summed E-state index contributed by atoms with van der Waals surface area (Å²) in [6.45, 7) is 10.3. The summed E-state index contributed by atoms with van der Waals surface area (Å²) in [5.74, 6) is 1.45. The zero-order valence-corrected chi connectivity index (χ0v) is 18.1. The van der Waals surface area contributed by atoms with E-state index in [0.29, 0.717) is 5.75 Å². The molecule has 1 aliphatic heterocycles. The van der Waals surface area contributed by atoms with Gasteiger partial charge in [0.25, 0.3) is 0 Å². The first-order valence-electron chi connectivity index (χ1n) is 10.6. The molecule has 0 atom stereocenters. The van der Waals surface area contributed by atoms with Gasteiger partial charge in [-0.05, 0) is 44.5 Å². The van der Waals surface area contributed by atoms with Crippen molar-refractivity contribution in [3.05, 3.63) is 47.9 Å². The molecule has 0 amide bonds. The maximum Gasteiger partial charge on any atom is 0.183 e. The topological polar surface area (TPSA) is 77.7 Å². The molecule has 0 spiro atoms. The van der Waals surface area contributed by atoms with E-state index in [1.54, 1.807) is 12.4 Å². The van der Waals surface area contributed by atoms with E-state index >= 15 is 0 Å². The molecular formula is C23H26N6O2. The summed E-state index contributed by atoms with van der Waals surface area (Å²) in [7, 11) is 0. The Morgan fingerprint density at radius 1 is 1.10 bits per heavy atom. The number of morpholine rings is 1. The second-order valence-corrected chi connectivity index (χ2v) is 8.17. The van der Waals surface area contributed by atoms with Crippen LogP contribution in [0.3, 0.4) is 0 Å². The van der Waals surface area contributed by atoms with E-state index in [9.17, 15) is 0 Å². The van der Waals surface area contributed by atoms with Crippen LogP contribution in [0.4, 0.5) is 0 Å². The highest BCUT2D eigenvalue weighted by molar-refractivity contribution is 5.81. The Morgan fingerprint density at radius 3 is 2.74 bits per heavy atom. The maximum atomic E-state index is 5.83. The molecule has 8 nitrogen and oxygen atoms in total. The van der Waals surface area contributed by atoms with E-state index in [4.69, 9.17) is 14.5 Å². The molecule has 1 fully saturated rings. The Morgan fingerprint density at radius 2 is 1.94 bits per heavy atom. The zero-order chi connectivity index (χ0) is 21.4. The van der Waals surface area contributed by atoms with Crippen molar-refractivity contribution >= 4 is 16.7 Å². The van der Waals surface area contributed by atoms with Crippen molar-refractivity contribution in [2.75, 3.05) is 26.3 Å². The van der Waals surface area contributed by atoms with Crippen LogP contribution in [0.2, 0.25) is 0 Å². The van der Waals surface area contributed by atoms with Crippen molar-refractivity contribution in [1.82, 2.24) is 29.5 Å². The Bertz CT molecular complexity index is 1230. The largest absolute Gasteiger partial charge is 0.489 e. The standard InChI is InChI=1S/C23H26N6O2/c1-15(2)31-19-11-18(12-24-13-19)23-27-26-22-16(3)25-20-5-4-17(10-21(20)29(22)23)14-28-6-8-30-9-7-28/h4-5,10-13,15H,6-9,14H2,1-3H3. The van der Waals surface area contributed by atoms with Gasteiger partial charge in [-0.3, -0.25) is 14.3 Å². The fourth-order valence-electron chi connectivity index (χ4n) is 4.00. The number of hydrogen-bond donors (Lipinski definition) is 0. The summed E-state index contributed by atoms with van der Waals surface area (Å²) >= 11 is 0. The first-order valence-corrected chi connectivity index (χ1v) is 10.6. The Kier molecular flexibility index (Phi) is 5.25. The van der Waals surface area contributed by atoms with Gasteiger partial charge < -0.3 is 9.47 Å². The molecule has 0 bridgehead atoms. The second-order valence-electron chi connectivity index (χ2n) is 8.17. The summed E-state index contributed by atoms with van der Waals surface area (Å²) in [4.78, 5) is 11.5. The van der Waals surface area contributed by atoms with Gasteiger partial charge in [0.05, 0.1) is 42.2 Å². The lowest BCUT2D eigenvalue weighted by molar-refractivity contribution is 0.0342. The number of pyridine rings is 1. The van der Waals surface area contributed by atoms with Gasteiger partial charge in [-0.2, -0.15) is 0 Å². The number of fused-ring (bicyclic) bond motifs is 3. The average molecular weight is 419 g/mol. The van der Waals surface area contributed by atoms with Crippen LogP contribution in [0.25, 0.3) is 28.1 Å². The Hall–Kier alpha value is -3.10. The minimum absolute atomic E-state index is 0.0715. The molecule has 0 N–H and O–H groups in total. The second kappa shape index (κ2) is 8.20. The molecule has 1 saturated heterocycles. The molecule has 1 aromatic carbocycles. The van der Waals surface area contributed by atoms with E-state index in [2.05, 4.69) is 42.7 Å². The van der Waals surface area contributed by atoms with Crippen molar-refractivity contribution in [3.63, 3.8) is 0 Å². The molecule has 4 aromatic rings. The van der Waals surface area contributed by atoms with Gasteiger partial charge in [0.2, 0.25) is 0 Å². The molecule has 160 valence electrons. The summed E-state index contributed by atoms with van der Waals surface area (Å²) in [5, 5.41) is 8.93. The fraction of sp³-hybridized carbons (Fsp3) is 0.391. The predicted octanol–water partition coefficient (Wildman–Crippen LogP) is 3.27. The van der Waals surface area contributed by atoms with Gasteiger partial charge in [0.1, 0.15) is 5.75 Å². The van der Waals surface area contributed by atoms with Gasteiger partial charge in [-0.1, -0.05) is 6.07 Å². The molecule has 4 heterocycles. The van der Waals surface area contributed by atoms with Gasteiger partial charge in [-0.25, -0.2) is 4.98 Å². The number of nitrogens with zero attached hydrogens (tertiary/aromatic N) is 6. The van der Waals surface area contributed by atoms with E-state index in [1.165, 1.54) is 5.56 Å². The van der Waals surface area contributed by atoms with Crippen molar-refractivity contribution < 1.29 is 9.47 Å². The predicted molar refractivity (Wildman–Crippen MR) is 118 cm³/mol. The van der Waals surface area contributed by atoms with Crippen molar-refractivity contribution in [3.8, 4) is 17.1 Å². The lowest BCUT2D eigenvalue weighted by atomic mass is 10.1. The lowest BCUT2D eigenvalue weighted by Gasteiger charge is -2.26. The van der Waals surface area contributed by atoms with Crippen molar-refractivity contribution in [2.24, 2.45) is 0 Å². The van der Waals surface area contributed by atoms with E-state index in [-0.39, 0.29) is 6.10 Å². The van der Waals surface area contributed by atoms with Gasteiger partial charge in [0, 0.05) is 31.4 Å². The monoisotopic (exact) mass is 418 g/mol. The smallest absolute Gasteiger partial charge is 0.183 e. The summed E-state index contributed by atoms with van der Waals surface area (Å²) in [6.07, 6.45) is 3.59. The Labute approximate surface area is 180 Å². The number of aryl methyl sites for hydroxylation is 1. The number of benzene rings is 1. The molecule has 0 unspecified atom stereocenters. The van der Waals surface area contributed by atoms with Crippen molar-refractivity contribution in [2.45, 2.75) is 33.4 Å². The van der Waals surface area contributed by atoms with Crippen molar-refractivity contribution in [1.29, 1.82) is 0 Å². The molecule has 8 heteroatoms. The molecule has 31 heavy (non-hydrogen) atoms. The lowest BCUT2D eigenvalue weighted by Crippen LogP contribution is -2.35. The van der Waals surface area contributed by atoms with Crippen LogP contribution in [0, 0.1) is 6.92 Å². The molecule has 0 radical (unpaired) electrons. The number of hydrogen-bond acceptors (Lipinski definition) is 7. The van der Waals surface area contributed by atoms with Crippen LogP contribution < -0.4 is 4.74 Å². The fourth-order valence-corrected chi connectivity index (χ4v) is 4.00. The van der Waals surface area contributed by atoms with Crippen LogP contribution in [-0.2, 0) is 11.3 Å². The van der Waals surface area contributed by atoms with Crippen LogP contribution in [-0.4, -0.2) is 61.9 Å².